The number of ether oxygens (including phenoxy) is 3. The lowest BCUT2D eigenvalue weighted by atomic mass is 9.41. The normalized spacial score (nSPS) is 54.4. The van der Waals surface area contributed by atoms with E-state index in [2.05, 4.69) is 6.92 Å². The van der Waals surface area contributed by atoms with Crippen LogP contribution >= 0.6 is 0 Å². The minimum atomic E-state index is -1.24. The maximum atomic E-state index is 12.9. The van der Waals surface area contributed by atoms with Crippen molar-refractivity contribution in [1.82, 2.24) is 0 Å². The van der Waals surface area contributed by atoms with Crippen molar-refractivity contribution >= 4 is 12.3 Å². The monoisotopic (exact) mass is 534 g/mol. The fraction of sp³-hybridized carbons (Fsp3) is 0.862. The number of aliphatic hydroxyl groups excluding tert-OH is 2. The molecule has 0 spiro atoms. The summed E-state index contributed by atoms with van der Waals surface area (Å²) in [5, 5.41) is 44.6. The van der Waals surface area contributed by atoms with E-state index >= 15 is 0 Å². The Balaban J connectivity index is 1.22. The Morgan fingerprint density at radius 2 is 1.82 bits per heavy atom. The second kappa shape index (κ2) is 9.08. The van der Waals surface area contributed by atoms with Crippen LogP contribution < -0.4 is 0 Å². The van der Waals surface area contributed by atoms with Crippen molar-refractivity contribution in [2.24, 2.45) is 28.6 Å². The lowest BCUT2D eigenvalue weighted by Crippen LogP contribution is -2.69. The summed E-state index contributed by atoms with van der Waals surface area (Å²) in [6.07, 6.45) is 4.50. The first-order valence-corrected chi connectivity index (χ1v) is 14.4. The second-order valence-electron chi connectivity index (χ2n) is 13.3. The first-order valence-electron chi connectivity index (χ1n) is 14.4. The van der Waals surface area contributed by atoms with E-state index in [0.717, 1.165) is 31.1 Å². The summed E-state index contributed by atoms with van der Waals surface area (Å²) in [7, 11) is 0. The first-order chi connectivity index (χ1) is 18.0. The molecule has 12 atom stereocenters. The van der Waals surface area contributed by atoms with Crippen LogP contribution in [0.2, 0.25) is 0 Å². The molecule has 4 aliphatic carbocycles. The van der Waals surface area contributed by atoms with Gasteiger partial charge in [0.05, 0.1) is 34.9 Å². The van der Waals surface area contributed by atoms with Crippen molar-refractivity contribution in [2.45, 2.75) is 120 Å². The van der Waals surface area contributed by atoms with E-state index in [1.165, 1.54) is 0 Å². The van der Waals surface area contributed by atoms with Gasteiger partial charge in [-0.25, -0.2) is 4.79 Å². The van der Waals surface area contributed by atoms with Gasteiger partial charge >= 0.3 is 5.97 Å². The van der Waals surface area contributed by atoms with E-state index in [-0.39, 0.29) is 36.2 Å². The molecule has 4 N–H and O–H groups in total. The third-order valence-corrected chi connectivity index (χ3v) is 11.9. The average Bonchev–Trinajstić information content (AvgIpc) is 3.41. The minimum Gasteiger partial charge on any atom is -0.458 e. The molecule has 0 radical (unpaired) electrons. The Morgan fingerprint density at radius 3 is 2.50 bits per heavy atom. The van der Waals surface area contributed by atoms with Crippen LogP contribution in [0.4, 0.5) is 0 Å². The van der Waals surface area contributed by atoms with Crippen molar-refractivity contribution in [3.8, 4) is 0 Å². The highest BCUT2D eigenvalue weighted by molar-refractivity contribution is 5.85. The Morgan fingerprint density at radius 1 is 1.05 bits per heavy atom. The molecule has 1 saturated heterocycles. The van der Waals surface area contributed by atoms with Crippen LogP contribution in [0.15, 0.2) is 11.6 Å². The van der Waals surface area contributed by atoms with E-state index in [0.29, 0.717) is 45.1 Å². The number of esters is 1. The summed E-state index contributed by atoms with van der Waals surface area (Å²) >= 11 is 0. The summed E-state index contributed by atoms with van der Waals surface area (Å²) in [4.78, 5) is 24.7. The predicted octanol–water partition coefficient (Wildman–Crippen LogP) is 1.78. The molecule has 2 aliphatic heterocycles. The molecule has 6 rings (SSSR count). The minimum absolute atomic E-state index is 0.0729. The molecule has 0 aromatic rings. The van der Waals surface area contributed by atoms with Crippen LogP contribution in [0.3, 0.4) is 0 Å². The van der Waals surface area contributed by atoms with Gasteiger partial charge in [-0.15, -0.1) is 0 Å². The molecular weight excluding hydrogens is 492 g/mol. The van der Waals surface area contributed by atoms with Crippen LogP contribution in [0, 0.1) is 28.6 Å². The predicted molar refractivity (Wildman–Crippen MR) is 133 cm³/mol. The molecule has 2 heterocycles. The van der Waals surface area contributed by atoms with Crippen molar-refractivity contribution < 1.29 is 44.2 Å². The summed E-state index contributed by atoms with van der Waals surface area (Å²) in [6, 6.07) is 0. The topological polar surface area (TPSA) is 143 Å². The van der Waals surface area contributed by atoms with Crippen LogP contribution in [0.1, 0.15) is 78.1 Å². The lowest BCUT2D eigenvalue weighted by Gasteiger charge is -2.65. The van der Waals surface area contributed by atoms with Crippen LogP contribution in [-0.4, -0.2) is 81.2 Å². The van der Waals surface area contributed by atoms with Crippen LogP contribution in [0.5, 0.6) is 0 Å². The van der Waals surface area contributed by atoms with Gasteiger partial charge in [0.1, 0.15) is 19.0 Å². The SMILES string of the molecule is C[C@H]1O[C@@H](O[C@H]2CC[C@]3(C=O)C4CC[C@]5(C)C(C6=CC(=O)OC6)CC[C@]5(O)C4CC[C@]3(O)C2)C[C@H](O)[C@@H]1O. The van der Waals surface area contributed by atoms with Gasteiger partial charge in [0.25, 0.3) is 0 Å². The van der Waals surface area contributed by atoms with Gasteiger partial charge in [0, 0.05) is 24.3 Å². The molecule has 3 unspecified atom stereocenters. The number of hydrogen-bond acceptors (Lipinski definition) is 9. The first kappa shape index (κ1) is 26.8. The van der Waals surface area contributed by atoms with Crippen molar-refractivity contribution in [3.05, 3.63) is 11.6 Å². The standard InChI is InChI=1S/C29H42O9/c1-16-25(33)22(31)12-24(37-16)38-18-3-8-27(15-30)20-4-7-26(2)19(17-11-23(32)36-14-17)6-10-29(26,35)21(20)5-9-28(27,34)13-18/h11,15-16,18-22,24-25,31,33-35H,3-10,12-14H2,1-2H3/t16-,18+,19?,20?,21?,22+,24+,25-,26-,27+,28+,29+/m1/s1. The number of carbonyl (C=O) groups excluding carboxylic acids is 2. The molecule has 6 aliphatic rings. The van der Waals surface area contributed by atoms with Gasteiger partial charge in [0.2, 0.25) is 0 Å². The van der Waals surface area contributed by atoms with Crippen molar-refractivity contribution in [3.63, 3.8) is 0 Å². The van der Waals surface area contributed by atoms with Crippen molar-refractivity contribution in [1.29, 1.82) is 0 Å². The number of fused-ring (bicyclic) bond motifs is 5. The van der Waals surface area contributed by atoms with E-state index in [1.54, 1.807) is 13.0 Å². The fourth-order valence-electron chi connectivity index (χ4n) is 9.76. The molecule has 38 heavy (non-hydrogen) atoms. The maximum Gasteiger partial charge on any atom is 0.331 e. The molecule has 9 heteroatoms. The highest BCUT2D eigenvalue weighted by Gasteiger charge is 2.71. The second-order valence-corrected chi connectivity index (χ2v) is 13.3. The summed E-state index contributed by atoms with van der Waals surface area (Å²) in [5.41, 5.74) is -2.60. The number of rotatable bonds is 4. The Hall–Kier alpha value is -1.36. The van der Waals surface area contributed by atoms with E-state index in [9.17, 15) is 30.0 Å². The number of carbonyl (C=O) groups is 2. The van der Waals surface area contributed by atoms with E-state index in [4.69, 9.17) is 14.2 Å². The third-order valence-electron chi connectivity index (χ3n) is 11.9. The zero-order chi connectivity index (χ0) is 27.1. The number of aliphatic hydroxyl groups is 4. The lowest BCUT2D eigenvalue weighted by molar-refractivity contribution is -0.286. The average molecular weight is 535 g/mol. The van der Waals surface area contributed by atoms with Gasteiger partial charge < -0.3 is 39.4 Å². The maximum absolute atomic E-state index is 12.9. The van der Waals surface area contributed by atoms with Crippen molar-refractivity contribution in [2.75, 3.05) is 6.61 Å². The van der Waals surface area contributed by atoms with E-state index in [1.807, 2.05) is 0 Å². The number of hydrogen-bond donors (Lipinski definition) is 4. The Bertz CT molecular complexity index is 1000. The molecule has 9 nitrogen and oxygen atoms in total. The Labute approximate surface area is 223 Å². The zero-order valence-corrected chi connectivity index (χ0v) is 22.4. The fourth-order valence-corrected chi connectivity index (χ4v) is 9.76. The molecular formula is C29H42O9. The highest BCUT2D eigenvalue weighted by Crippen LogP contribution is 2.70. The number of aldehydes is 1. The number of cyclic esters (lactones) is 1. The van der Waals surface area contributed by atoms with Gasteiger partial charge in [-0.1, -0.05) is 6.92 Å². The summed E-state index contributed by atoms with van der Waals surface area (Å²) < 4.78 is 17.1. The summed E-state index contributed by atoms with van der Waals surface area (Å²) in [6.45, 7) is 4.13. The Kier molecular flexibility index (Phi) is 6.41. The molecule has 212 valence electrons. The van der Waals surface area contributed by atoms with Gasteiger partial charge in [0.15, 0.2) is 6.29 Å². The van der Waals surface area contributed by atoms with E-state index < -0.39 is 46.6 Å². The highest BCUT2D eigenvalue weighted by atomic mass is 16.7. The summed E-state index contributed by atoms with van der Waals surface area (Å²) in [5.74, 6) is -0.473. The third kappa shape index (κ3) is 3.65. The molecule has 0 bridgehead atoms. The molecule has 4 saturated carbocycles. The van der Waals surface area contributed by atoms with Gasteiger partial charge in [-0.05, 0) is 81.6 Å². The zero-order valence-electron chi connectivity index (χ0n) is 22.4. The molecule has 5 fully saturated rings. The molecule has 0 amide bonds. The smallest absolute Gasteiger partial charge is 0.331 e. The van der Waals surface area contributed by atoms with Gasteiger partial charge in [-0.3, -0.25) is 0 Å². The largest absolute Gasteiger partial charge is 0.458 e. The van der Waals surface area contributed by atoms with Crippen LogP contribution in [0.25, 0.3) is 0 Å². The van der Waals surface area contributed by atoms with Crippen LogP contribution in [-0.2, 0) is 23.8 Å². The molecule has 0 aromatic heterocycles. The molecule has 0 aromatic carbocycles. The van der Waals surface area contributed by atoms with Gasteiger partial charge in [-0.2, -0.15) is 0 Å². The quantitative estimate of drug-likeness (QED) is 0.241.